The Morgan fingerprint density at radius 2 is 2.00 bits per heavy atom. The van der Waals surface area contributed by atoms with Gasteiger partial charge < -0.3 is 19.6 Å². The Bertz CT molecular complexity index is 879. The first kappa shape index (κ1) is 25.1. The number of aliphatic hydroxyl groups is 1. The van der Waals surface area contributed by atoms with Crippen molar-refractivity contribution in [3.05, 3.63) is 47.3 Å². The molecule has 0 spiro atoms. The first-order valence-corrected chi connectivity index (χ1v) is 11.6. The summed E-state index contributed by atoms with van der Waals surface area (Å²) in [5.41, 5.74) is 2.98. The zero-order chi connectivity index (χ0) is 23.8. The molecule has 1 N–H and O–H groups in total. The molecule has 33 heavy (non-hydrogen) atoms. The highest BCUT2D eigenvalue weighted by atomic mass is 16.5. The lowest BCUT2D eigenvalue weighted by Crippen LogP contribution is -2.44. The standard InChI is InChI=1S/C25H37N5O3/c1-26-23(15-24(27-2)29(4)21-10-13-33-14-11-21)25(32)28(3)17-22(31)18-30-12-9-19-7-5-6-8-20(19)16-30/h5-8,15,21-22,31H,2,9-14,16-18H2,1,3-4H3/b24-15+,26-23?/t22-/m0/s1. The molecule has 0 saturated carbocycles. The highest BCUT2D eigenvalue weighted by Gasteiger charge is 2.24. The molecule has 0 aromatic heterocycles. The van der Waals surface area contributed by atoms with Crippen LogP contribution in [-0.2, 0) is 22.5 Å². The molecule has 1 amide bonds. The van der Waals surface area contributed by atoms with Gasteiger partial charge in [0.25, 0.3) is 5.91 Å². The van der Waals surface area contributed by atoms with Crippen LogP contribution in [0.4, 0.5) is 0 Å². The zero-order valence-electron chi connectivity index (χ0n) is 20.1. The van der Waals surface area contributed by atoms with E-state index < -0.39 is 6.10 Å². The van der Waals surface area contributed by atoms with Crippen LogP contribution in [0, 0.1) is 0 Å². The molecule has 0 unspecified atom stereocenters. The third kappa shape index (κ3) is 6.72. The van der Waals surface area contributed by atoms with Crippen LogP contribution >= 0.6 is 0 Å². The second kappa shape index (κ2) is 12.1. The molecule has 1 saturated heterocycles. The van der Waals surface area contributed by atoms with E-state index in [0.29, 0.717) is 12.4 Å². The summed E-state index contributed by atoms with van der Waals surface area (Å²) in [4.78, 5) is 27.2. The number of fused-ring (bicyclic) bond motifs is 1. The molecular weight excluding hydrogens is 418 g/mol. The van der Waals surface area contributed by atoms with Crippen LogP contribution in [0.5, 0.6) is 0 Å². The van der Waals surface area contributed by atoms with E-state index in [9.17, 15) is 9.90 Å². The molecule has 2 heterocycles. The van der Waals surface area contributed by atoms with Gasteiger partial charge in [0.05, 0.1) is 6.10 Å². The van der Waals surface area contributed by atoms with Crippen molar-refractivity contribution in [2.24, 2.45) is 9.98 Å². The van der Waals surface area contributed by atoms with Crippen molar-refractivity contribution in [2.75, 3.05) is 54.0 Å². The van der Waals surface area contributed by atoms with Gasteiger partial charge in [-0.3, -0.25) is 14.7 Å². The SMILES string of the molecule is C=N/C(=C\C(=NC)C(=O)N(C)C[C@H](O)CN1CCc2ccccc2C1)N(C)C1CCOCC1. The van der Waals surface area contributed by atoms with Gasteiger partial charge in [-0.2, -0.15) is 0 Å². The number of benzene rings is 1. The Morgan fingerprint density at radius 3 is 2.67 bits per heavy atom. The van der Waals surface area contributed by atoms with Crippen LogP contribution in [0.15, 0.2) is 46.1 Å². The summed E-state index contributed by atoms with van der Waals surface area (Å²) in [5, 5.41) is 10.7. The predicted molar refractivity (Wildman–Crippen MR) is 132 cm³/mol. The summed E-state index contributed by atoms with van der Waals surface area (Å²) in [6.07, 6.45) is 3.82. The third-order valence-corrected chi connectivity index (χ3v) is 6.50. The van der Waals surface area contributed by atoms with Crippen molar-refractivity contribution in [2.45, 2.75) is 38.0 Å². The summed E-state index contributed by atoms with van der Waals surface area (Å²) in [5.74, 6) is 0.360. The van der Waals surface area contributed by atoms with Crippen molar-refractivity contribution in [1.29, 1.82) is 0 Å². The minimum absolute atomic E-state index is 0.233. The number of hydrogen-bond acceptors (Lipinski definition) is 7. The Balaban J connectivity index is 1.56. The summed E-state index contributed by atoms with van der Waals surface area (Å²) in [6.45, 7) is 7.60. The van der Waals surface area contributed by atoms with Crippen LogP contribution < -0.4 is 0 Å². The quantitative estimate of drug-likeness (QED) is 0.572. The number of amides is 1. The van der Waals surface area contributed by atoms with E-state index in [4.69, 9.17) is 4.74 Å². The first-order chi connectivity index (χ1) is 15.9. The average Bonchev–Trinajstić information content (AvgIpc) is 2.84. The number of rotatable bonds is 9. The predicted octanol–water partition coefficient (Wildman–Crippen LogP) is 1.59. The molecule has 8 nitrogen and oxygen atoms in total. The number of ether oxygens (including phenoxy) is 1. The van der Waals surface area contributed by atoms with Gasteiger partial charge in [0.2, 0.25) is 0 Å². The minimum atomic E-state index is -0.645. The third-order valence-electron chi connectivity index (χ3n) is 6.50. The van der Waals surface area contributed by atoms with Gasteiger partial charge in [0, 0.05) is 72.7 Å². The summed E-state index contributed by atoms with van der Waals surface area (Å²) < 4.78 is 5.44. The van der Waals surface area contributed by atoms with E-state index in [1.807, 2.05) is 11.9 Å². The molecule has 1 fully saturated rings. The van der Waals surface area contributed by atoms with Gasteiger partial charge in [-0.15, -0.1) is 0 Å². The van der Waals surface area contributed by atoms with Crippen LogP contribution in [0.2, 0.25) is 0 Å². The van der Waals surface area contributed by atoms with Crippen LogP contribution in [-0.4, -0.2) is 104 Å². The number of nitrogens with zero attached hydrogens (tertiary/aromatic N) is 5. The largest absolute Gasteiger partial charge is 0.390 e. The topological polar surface area (TPSA) is 81.0 Å². The number of aliphatic hydroxyl groups excluding tert-OH is 1. The van der Waals surface area contributed by atoms with Crippen molar-refractivity contribution < 1.29 is 14.6 Å². The van der Waals surface area contributed by atoms with Crippen LogP contribution in [0.25, 0.3) is 0 Å². The molecule has 1 aromatic carbocycles. The number of likely N-dealkylation sites (N-methyl/N-ethyl adjacent to an activating group) is 1. The molecule has 0 bridgehead atoms. The van der Waals surface area contributed by atoms with E-state index in [2.05, 4.69) is 45.9 Å². The minimum Gasteiger partial charge on any atom is -0.390 e. The maximum Gasteiger partial charge on any atom is 0.271 e. The summed E-state index contributed by atoms with van der Waals surface area (Å²) in [6, 6.07) is 8.72. The summed E-state index contributed by atoms with van der Waals surface area (Å²) in [7, 11) is 5.24. The van der Waals surface area contributed by atoms with Gasteiger partial charge in [-0.05, 0) is 37.1 Å². The maximum absolute atomic E-state index is 13.0. The molecule has 2 aliphatic rings. The fraction of sp³-hybridized carbons (Fsp3) is 0.560. The Hall–Kier alpha value is -2.55. The van der Waals surface area contributed by atoms with E-state index in [0.717, 1.165) is 45.6 Å². The second-order valence-corrected chi connectivity index (χ2v) is 8.82. The van der Waals surface area contributed by atoms with E-state index in [1.165, 1.54) is 16.0 Å². The van der Waals surface area contributed by atoms with Gasteiger partial charge in [0.15, 0.2) is 0 Å². The average molecular weight is 456 g/mol. The molecule has 180 valence electrons. The molecule has 1 atom stereocenters. The maximum atomic E-state index is 13.0. The number of aliphatic imine (C=N–C) groups is 2. The fourth-order valence-electron chi connectivity index (χ4n) is 4.52. The van der Waals surface area contributed by atoms with E-state index in [-0.39, 0.29) is 24.2 Å². The lowest BCUT2D eigenvalue weighted by Gasteiger charge is -2.33. The zero-order valence-corrected chi connectivity index (χ0v) is 20.1. The molecule has 8 heteroatoms. The van der Waals surface area contributed by atoms with Crippen LogP contribution in [0.1, 0.15) is 24.0 Å². The second-order valence-electron chi connectivity index (χ2n) is 8.82. The molecule has 2 aliphatic heterocycles. The lowest BCUT2D eigenvalue weighted by atomic mass is 10.00. The summed E-state index contributed by atoms with van der Waals surface area (Å²) >= 11 is 0. The van der Waals surface area contributed by atoms with Crippen molar-refractivity contribution in [1.82, 2.24) is 14.7 Å². The van der Waals surface area contributed by atoms with Crippen LogP contribution in [0.3, 0.4) is 0 Å². The Morgan fingerprint density at radius 1 is 1.30 bits per heavy atom. The molecule has 1 aromatic rings. The van der Waals surface area contributed by atoms with E-state index >= 15 is 0 Å². The highest BCUT2D eigenvalue weighted by molar-refractivity contribution is 6.43. The fourth-order valence-corrected chi connectivity index (χ4v) is 4.52. The highest BCUT2D eigenvalue weighted by Crippen LogP contribution is 2.19. The monoisotopic (exact) mass is 455 g/mol. The van der Waals surface area contributed by atoms with Crippen molar-refractivity contribution >= 4 is 18.3 Å². The molecular formula is C25H37N5O3. The number of carbonyl (C=O) groups is 1. The lowest BCUT2D eigenvalue weighted by molar-refractivity contribution is -0.124. The first-order valence-electron chi connectivity index (χ1n) is 11.6. The Labute approximate surface area is 197 Å². The van der Waals surface area contributed by atoms with Gasteiger partial charge >= 0.3 is 0 Å². The normalized spacial score (nSPS) is 19.0. The smallest absolute Gasteiger partial charge is 0.271 e. The van der Waals surface area contributed by atoms with E-state index in [1.54, 1.807) is 20.2 Å². The van der Waals surface area contributed by atoms with Gasteiger partial charge in [0.1, 0.15) is 11.5 Å². The molecule has 0 radical (unpaired) electrons. The number of carbonyl (C=O) groups excluding carboxylic acids is 1. The van der Waals surface area contributed by atoms with Gasteiger partial charge in [-0.1, -0.05) is 24.3 Å². The van der Waals surface area contributed by atoms with Gasteiger partial charge in [-0.25, -0.2) is 4.99 Å². The molecule has 3 rings (SSSR count). The van der Waals surface area contributed by atoms with Crippen molar-refractivity contribution in [3.63, 3.8) is 0 Å². The Kier molecular flexibility index (Phi) is 9.17. The number of hydrogen-bond donors (Lipinski definition) is 1. The molecule has 0 aliphatic carbocycles. The number of β-amino-alcohol motifs (C(OH)–C–C–N with tert-alkyl or cyclic N) is 1. The van der Waals surface area contributed by atoms with Crippen molar-refractivity contribution in [3.8, 4) is 0 Å².